The van der Waals surface area contributed by atoms with Crippen LogP contribution in [-0.4, -0.2) is 29.5 Å². The van der Waals surface area contributed by atoms with Crippen molar-refractivity contribution in [2.24, 2.45) is 0 Å². The van der Waals surface area contributed by atoms with E-state index in [-0.39, 0.29) is 0 Å². The molecule has 0 atom stereocenters. The van der Waals surface area contributed by atoms with Crippen molar-refractivity contribution in [3.63, 3.8) is 0 Å². The lowest BCUT2D eigenvalue weighted by molar-refractivity contribution is 0.681. The van der Waals surface area contributed by atoms with E-state index >= 15 is 0 Å². The topological polar surface area (TPSA) is 75.2 Å². The Morgan fingerprint density at radius 3 is 2.75 bits per heavy atom. The minimum Gasteiger partial charge on any atom is -0.343 e. The molecule has 0 unspecified atom stereocenters. The van der Waals surface area contributed by atoms with Crippen LogP contribution in [0, 0.1) is 6.92 Å². The third kappa shape index (κ3) is 2.99. The highest BCUT2D eigenvalue weighted by Crippen LogP contribution is 2.29. The summed E-state index contributed by atoms with van der Waals surface area (Å²) in [4.78, 5) is 20.5. The van der Waals surface area contributed by atoms with Crippen molar-refractivity contribution in [3.05, 3.63) is 78.6 Å². The van der Waals surface area contributed by atoms with Gasteiger partial charge in [0.1, 0.15) is 11.5 Å². The molecule has 2 aromatic carbocycles. The van der Waals surface area contributed by atoms with Gasteiger partial charge in [-0.2, -0.15) is 0 Å². The van der Waals surface area contributed by atoms with Crippen molar-refractivity contribution in [2.75, 3.05) is 0 Å². The van der Waals surface area contributed by atoms with Crippen LogP contribution < -0.4 is 0 Å². The second-order valence-electron chi connectivity index (χ2n) is 6.89. The van der Waals surface area contributed by atoms with E-state index in [9.17, 15) is 0 Å². The van der Waals surface area contributed by atoms with E-state index in [1.165, 1.54) is 5.56 Å². The van der Waals surface area contributed by atoms with Crippen LogP contribution in [0.3, 0.4) is 0 Å². The summed E-state index contributed by atoms with van der Waals surface area (Å²) < 4.78 is 2.14. The van der Waals surface area contributed by atoms with Gasteiger partial charge in [-0.1, -0.05) is 36.4 Å². The number of fused-ring (bicyclic) bond motifs is 1. The molecule has 2 N–H and O–H groups in total. The minimum atomic E-state index is 0.759. The van der Waals surface area contributed by atoms with Gasteiger partial charge in [0, 0.05) is 30.9 Å². The summed E-state index contributed by atoms with van der Waals surface area (Å²) in [6.07, 6.45) is 6.27. The highest BCUT2D eigenvalue weighted by atomic mass is 15.1. The Kier molecular flexibility index (Phi) is 4.01. The lowest BCUT2D eigenvalue weighted by Gasteiger charge is -2.07. The van der Waals surface area contributed by atoms with Gasteiger partial charge in [0.25, 0.3) is 0 Å². The number of nitrogens with one attached hydrogen (secondary N) is 2. The van der Waals surface area contributed by atoms with Crippen molar-refractivity contribution >= 4 is 11.0 Å². The number of rotatable bonds is 5. The van der Waals surface area contributed by atoms with Crippen LogP contribution in [0.25, 0.3) is 33.8 Å². The molecular weight excluding hydrogens is 348 g/mol. The fourth-order valence-electron chi connectivity index (χ4n) is 3.52. The van der Waals surface area contributed by atoms with Crippen LogP contribution in [0.4, 0.5) is 0 Å². The van der Waals surface area contributed by atoms with Crippen molar-refractivity contribution in [1.82, 2.24) is 29.5 Å². The Balaban J connectivity index is 1.48. The highest BCUT2D eigenvalue weighted by Gasteiger charge is 2.17. The van der Waals surface area contributed by atoms with E-state index in [4.69, 9.17) is 4.98 Å². The van der Waals surface area contributed by atoms with Gasteiger partial charge in [-0.3, -0.25) is 0 Å². The average molecular weight is 368 g/mol. The monoisotopic (exact) mass is 368 g/mol. The number of H-pyrrole nitrogens is 2. The first-order chi connectivity index (χ1) is 13.8. The van der Waals surface area contributed by atoms with Crippen molar-refractivity contribution in [2.45, 2.75) is 19.9 Å². The van der Waals surface area contributed by atoms with Gasteiger partial charge in [0.2, 0.25) is 0 Å². The number of hydrogen-bond donors (Lipinski definition) is 2. The molecule has 0 bridgehead atoms. The van der Waals surface area contributed by atoms with Gasteiger partial charge < -0.3 is 14.5 Å². The predicted molar refractivity (Wildman–Crippen MR) is 110 cm³/mol. The fourth-order valence-corrected chi connectivity index (χ4v) is 3.52. The standard InChI is InChI=1S/C22H20N6/c1-15-7-8-17-18(13-15)27-19(26-17)9-12-28-14-25-20(16-5-3-2-4-6-16)21(28)22-23-10-11-24-22/h2-8,10-11,13-14H,9,12H2,1H3,(H,23,24)(H,26,27). The lowest BCUT2D eigenvalue weighted by Crippen LogP contribution is -2.04. The zero-order valence-corrected chi connectivity index (χ0v) is 15.6. The molecule has 0 saturated carbocycles. The summed E-state index contributed by atoms with van der Waals surface area (Å²) in [5.41, 5.74) is 6.30. The predicted octanol–water partition coefficient (Wildman–Crippen LogP) is 4.37. The zero-order chi connectivity index (χ0) is 18.9. The second-order valence-corrected chi connectivity index (χ2v) is 6.89. The van der Waals surface area contributed by atoms with Gasteiger partial charge in [0.05, 0.1) is 23.1 Å². The number of aryl methyl sites for hydroxylation is 3. The number of benzene rings is 2. The van der Waals surface area contributed by atoms with E-state index in [2.05, 4.69) is 61.8 Å². The molecule has 0 spiro atoms. The number of nitrogens with zero attached hydrogens (tertiary/aromatic N) is 4. The van der Waals surface area contributed by atoms with Crippen LogP contribution in [0.1, 0.15) is 11.4 Å². The van der Waals surface area contributed by atoms with Crippen LogP contribution >= 0.6 is 0 Å². The summed E-state index contributed by atoms with van der Waals surface area (Å²) in [5.74, 6) is 1.79. The van der Waals surface area contributed by atoms with E-state index in [1.807, 2.05) is 30.7 Å². The first-order valence-electron chi connectivity index (χ1n) is 9.33. The molecule has 3 heterocycles. The summed E-state index contributed by atoms with van der Waals surface area (Å²) in [7, 11) is 0. The van der Waals surface area contributed by atoms with E-state index < -0.39 is 0 Å². The Morgan fingerprint density at radius 2 is 1.93 bits per heavy atom. The number of aromatic nitrogens is 6. The molecule has 0 amide bonds. The molecule has 5 rings (SSSR count). The first kappa shape index (κ1) is 16.5. The molecule has 6 heteroatoms. The molecule has 5 aromatic rings. The maximum atomic E-state index is 4.71. The summed E-state index contributed by atoms with van der Waals surface area (Å²) in [5, 5.41) is 0. The molecular formula is C22H20N6. The van der Waals surface area contributed by atoms with Crippen LogP contribution in [0.5, 0.6) is 0 Å². The lowest BCUT2D eigenvalue weighted by atomic mass is 10.1. The quantitative estimate of drug-likeness (QED) is 0.484. The van der Waals surface area contributed by atoms with Crippen molar-refractivity contribution in [1.29, 1.82) is 0 Å². The molecule has 138 valence electrons. The second kappa shape index (κ2) is 6.81. The summed E-state index contributed by atoms with van der Waals surface area (Å²) in [6, 6.07) is 16.5. The summed E-state index contributed by atoms with van der Waals surface area (Å²) >= 11 is 0. The minimum absolute atomic E-state index is 0.759. The molecule has 0 aliphatic heterocycles. The Bertz CT molecular complexity index is 1210. The molecule has 0 aliphatic rings. The zero-order valence-electron chi connectivity index (χ0n) is 15.6. The Morgan fingerprint density at radius 1 is 1.04 bits per heavy atom. The Hall–Kier alpha value is -3.67. The van der Waals surface area contributed by atoms with Crippen LogP contribution in [0.15, 0.2) is 67.3 Å². The molecule has 0 saturated heterocycles. The third-order valence-corrected chi connectivity index (χ3v) is 4.88. The normalized spacial score (nSPS) is 11.3. The largest absolute Gasteiger partial charge is 0.343 e. The number of imidazole rings is 3. The van der Waals surface area contributed by atoms with E-state index in [1.54, 1.807) is 6.20 Å². The van der Waals surface area contributed by atoms with Crippen molar-refractivity contribution < 1.29 is 0 Å². The molecule has 0 fully saturated rings. The molecule has 0 aliphatic carbocycles. The van der Waals surface area contributed by atoms with Crippen LogP contribution in [-0.2, 0) is 13.0 Å². The number of hydrogen-bond acceptors (Lipinski definition) is 3. The van der Waals surface area contributed by atoms with Gasteiger partial charge in [-0.25, -0.2) is 15.0 Å². The summed E-state index contributed by atoms with van der Waals surface area (Å²) in [6.45, 7) is 2.85. The average Bonchev–Trinajstić information content (AvgIpc) is 3.45. The van der Waals surface area contributed by atoms with Gasteiger partial charge >= 0.3 is 0 Å². The molecule has 3 aromatic heterocycles. The van der Waals surface area contributed by atoms with Gasteiger partial charge in [-0.05, 0) is 24.6 Å². The third-order valence-electron chi connectivity index (χ3n) is 4.88. The molecule has 6 nitrogen and oxygen atoms in total. The fraction of sp³-hybridized carbons (Fsp3) is 0.136. The smallest absolute Gasteiger partial charge is 0.156 e. The van der Waals surface area contributed by atoms with Gasteiger partial charge in [-0.15, -0.1) is 0 Å². The van der Waals surface area contributed by atoms with E-state index in [0.717, 1.165) is 52.6 Å². The number of aromatic amines is 2. The molecule has 0 radical (unpaired) electrons. The van der Waals surface area contributed by atoms with E-state index in [0.29, 0.717) is 0 Å². The van der Waals surface area contributed by atoms with Gasteiger partial charge in [0.15, 0.2) is 5.82 Å². The highest BCUT2D eigenvalue weighted by molar-refractivity contribution is 5.76. The SMILES string of the molecule is Cc1ccc2nc(CCn3cnc(-c4ccccc4)c3-c3ncc[nH]3)[nH]c2c1. The Labute approximate surface area is 162 Å². The van der Waals surface area contributed by atoms with Crippen molar-refractivity contribution in [3.8, 4) is 22.8 Å². The maximum Gasteiger partial charge on any atom is 0.156 e. The first-order valence-corrected chi connectivity index (χ1v) is 9.33. The molecule has 28 heavy (non-hydrogen) atoms. The maximum absolute atomic E-state index is 4.71. The van der Waals surface area contributed by atoms with Crippen LogP contribution in [0.2, 0.25) is 0 Å².